The molecule has 20 heavy (non-hydrogen) atoms. The average Bonchev–Trinajstić information content (AvgIpc) is 2.44. The van der Waals surface area contributed by atoms with Crippen molar-refractivity contribution >= 4 is 33.9 Å². The van der Waals surface area contributed by atoms with Crippen molar-refractivity contribution in [2.75, 3.05) is 0 Å². The van der Waals surface area contributed by atoms with E-state index >= 15 is 0 Å². The molecule has 100 valence electrons. The molecule has 0 saturated heterocycles. The maximum Gasteiger partial charge on any atom is 0.335 e. The first-order valence-corrected chi connectivity index (χ1v) is 5.80. The van der Waals surface area contributed by atoms with Gasteiger partial charge in [0, 0.05) is 0 Å². The summed E-state index contributed by atoms with van der Waals surface area (Å²) in [6.07, 6.45) is 0. The molecule has 2 aromatic carbocycles. The van der Waals surface area contributed by atoms with E-state index in [-0.39, 0.29) is 11.1 Å². The number of carboxylic acid groups (broad SMARTS) is 2. The smallest absolute Gasteiger partial charge is 0.335 e. The monoisotopic (exact) mass is 268 g/mol. The van der Waals surface area contributed by atoms with Gasteiger partial charge in [0.15, 0.2) is 0 Å². The molecule has 0 saturated carbocycles. The summed E-state index contributed by atoms with van der Waals surface area (Å²) in [6.45, 7) is 7.09. The van der Waals surface area contributed by atoms with Crippen LogP contribution in [-0.2, 0) is 9.59 Å². The number of hydrogen-bond acceptors (Lipinski definition) is 2. The lowest BCUT2D eigenvalue weighted by Gasteiger charge is -2.11. The second-order valence-electron chi connectivity index (χ2n) is 4.28. The first-order chi connectivity index (χ1) is 9.43. The third-order valence-electron chi connectivity index (χ3n) is 3.07. The summed E-state index contributed by atoms with van der Waals surface area (Å²) in [4.78, 5) is 22.2. The van der Waals surface area contributed by atoms with Gasteiger partial charge in [-0.05, 0) is 21.9 Å². The lowest BCUT2D eigenvalue weighted by molar-refractivity contribution is -0.131. The van der Waals surface area contributed by atoms with Crippen molar-refractivity contribution < 1.29 is 19.8 Å². The van der Waals surface area contributed by atoms with Crippen molar-refractivity contribution in [3.05, 3.63) is 60.7 Å². The maximum atomic E-state index is 11.1. The second kappa shape index (κ2) is 5.01. The van der Waals surface area contributed by atoms with Crippen LogP contribution in [0.15, 0.2) is 49.6 Å². The predicted molar refractivity (Wildman–Crippen MR) is 77.3 cm³/mol. The minimum Gasteiger partial charge on any atom is -0.478 e. The first kappa shape index (κ1) is 13.5. The van der Waals surface area contributed by atoms with Crippen LogP contribution in [0, 0.1) is 0 Å². The van der Waals surface area contributed by atoms with Crippen molar-refractivity contribution in [3.63, 3.8) is 0 Å². The van der Waals surface area contributed by atoms with Gasteiger partial charge in [0.25, 0.3) is 0 Å². The zero-order valence-corrected chi connectivity index (χ0v) is 10.6. The number of benzene rings is 2. The van der Waals surface area contributed by atoms with Crippen LogP contribution in [0.3, 0.4) is 0 Å². The maximum absolute atomic E-state index is 11.1. The Balaban J connectivity index is 2.84. The molecular formula is C16H12O4. The van der Waals surface area contributed by atoms with E-state index in [9.17, 15) is 9.59 Å². The molecule has 0 aromatic heterocycles. The Hall–Kier alpha value is -2.88. The van der Waals surface area contributed by atoms with E-state index in [2.05, 4.69) is 13.2 Å². The molecule has 0 aliphatic heterocycles. The van der Waals surface area contributed by atoms with Crippen LogP contribution in [0.4, 0.5) is 0 Å². The molecule has 0 bridgehead atoms. The van der Waals surface area contributed by atoms with E-state index in [0.717, 1.165) is 5.39 Å². The van der Waals surface area contributed by atoms with Gasteiger partial charge in [-0.3, -0.25) is 0 Å². The van der Waals surface area contributed by atoms with Crippen LogP contribution in [-0.4, -0.2) is 22.2 Å². The molecule has 0 heterocycles. The van der Waals surface area contributed by atoms with Gasteiger partial charge in [0.2, 0.25) is 0 Å². The van der Waals surface area contributed by atoms with Crippen LogP contribution < -0.4 is 0 Å². The molecule has 0 aliphatic rings. The Morgan fingerprint density at radius 3 is 1.55 bits per heavy atom. The summed E-state index contributed by atoms with van der Waals surface area (Å²) in [5.74, 6) is -2.29. The number of rotatable bonds is 4. The topological polar surface area (TPSA) is 74.6 Å². The molecule has 2 rings (SSSR count). The third kappa shape index (κ3) is 2.19. The van der Waals surface area contributed by atoms with E-state index in [1.54, 1.807) is 36.4 Å². The Bertz CT molecular complexity index is 695. The largest absolute Gasteiger partial charge is 0.478 e. The van der Waals surface area contributed by atoms with Gasteiger partial charge >= 0.3 is 11.9 Å². The average molecular weight is 268 g/mol. The highest BCUT2D eigenvalue weighted by molar-refractivity contribution is 6.23. The molecule has 4 nitrogen and oxygen atoms in total. The van der Waals surface area contributed by atoms with Crippen LogP contribution in [0.2, 0.25) is 0 Å². The number of fused-ring (bicyclic) bond motifs is 1. The fraction of sp³-hybridized carbons (Fsp3) is 0. The Morgan fingerprint density at radius 1 is 0.800 bits per heavy atom. The van der Waals surface area contributed by atoms with Crippen LogP contribution >= 0.6 is 0 Å². The van der Waals surface area contributed by atoms with E-state index in [0.29, 0.717) is 16.5 Å². The van der Waals surface area contributed by atoms with Crippen molar-refractivity contribution in [2.45, 2.75) is 0 Å². The number of aliphatic carboxylic acids is 2. The fourth-order valence-corrected chi connectivity index (χ4v) is 2.07. The molecule has 0 fully saturated rings. The number of carboxylic acids is 2. The van der Waals surface area contributed by atoms with Gasteiger partial charge in [-0.25, -0.2) is 9.59 Å². The van der Waals surface area contributed by atoms with Gasteiger partial charge < -0.3 is 10.2 Å². The molecular weight excluding hydrogens is 256 g/mol. The highest BCUT2D eigenvalue weighted by atomic mass is 16.4. The lowest BCUT2D eigenvalue weighted by atomic mass is 9.92. The summed E-state index contributed by atoms with van der Waals surface area (Å²) < 4.78 is 0. The van der Waals surface area contributed by atoms with Gasteiger partial charge in [0.05, 0.1) is 11.1 Å². The molecule has 2 aromatic rings. The number of hydrogen-bond donors (Lipinski definition) is 2. The highest BCUT2D eigenvalue weighted by Crippen LogP contribution is 2.31. The van der Waals surface area contributed by atoms with Crippen molar-refractivity contribution in [2.24, 2.45) is 0 Å². The van der Waals surface area contributed by atoms with E-state index < -0.39 is 11.9 Å². The van der Waals surface area contributed by atoms with Crippen molar-refractivity contribution in [1.82, 2.24) is 0 Å². The number of carbonyl (C=O) groups is 2. The molecule has 0 radical (unpaired) electrons. The van der Waals surface area contributed by atoms with Crippen molar-refractivity contribution in [1.29, 1.82) is 0 Å². The Labute approximate surface area is 115 Å². The van der Waals surface area contributed by atoms with Crippen LogP contribution in [0.1, 0.15) is 11.1 Å². The summed E-state index contributed by atoms with van der Waals surface area (Å²) in [6, 6.07) is 10.2. The standard InChI is InChI=1S/C16H12O4/c1-9(15(17)18)12-7-3-5-11-6-4-8-13(14(11)12)10(2)16(19)20/h3-8H,1-2H2,(H,17,18)(H,19,20). The second-order valence-corrected chi connectivity index (χ2v) is 4.28. The van der Waals surface area contributed by atoms with Crippen molar-refractivity contribution in [3.8, 4) is 0 Å². The molecule has 0 spiro atoms. The zero-order chi connectivity index (χ0) is 14.9. The van der Waals surface area contributed by atoms with E-state index in [1.807, 2.05) is 0 Å². The van der Waals surface area contributed by atoms with Gasteiger partial charge in [-0.1, -0.05) is 49.6 Å². The van der Waals surface area contributed by atoms with E-state index in [4.69, 9.17) is 10.2 Å². The quantitative estimate of drug-likeness (QED) is 0.836. The highest BCUT2D eigenvalue weighted by Gasteiger charge is 2.17. The molecule has 0 atom stereocenters. The molecule has 4 heteroatoms. The van der Waals surface area contributed by atoms with Crippen LogP contribution in [0.25, 0.3) is 21.9 Å². The summed E-state index contributed by atoms with van der Waals surface area (Å²) in [5, 5.41) is 19.5. The Kier molecular flexibility index (Phi) is 3.39. The van der Waals surface area contributed by atoms with E-state index in [1.165, 1.54) is 0 Å². The SMILES string of the molecule is C=C(C(=O)O)c1cccc2cccc(C(=C)C(=O)O)c12. The minimum atomic E-state index is -1.15. The third-order valence-corrected chi connectivity index (χ3v) is 3.07. The summed E-state index contributed by atoms with van der Waals surface area (Å²) in [5.41, 5.74) is 0.628. The lowest BCUT2D eigenvalue weighted by Crippen LogP contribution is -2.03. The molecule has 2 N–H and O–H groups in total. The summed E-state index contributed by atoms with van der Waals surface area (Å²) >= 11 is 0. The fourth-order valence-electron chi connectivity index (χ4n) is 2.07. The predicted octanol–water partition coefficient (Wildman–Crippen LogP) is 3.04. The minimum absolute atomic E-state index is 0.0822. The zero-order valence-electron chi connectivity index (χ0n) is 10.6. The normalized spacial score (nSPS) is 10.2. The molecule has 0 amide bonds. The molecule has 0 aliphatic carbocycles. The van der Waals surface area contributed by atoms with Gasteiger partial charge in [0.1, 0.15) is 0 Å². The Morgan fingerprint density at radius 2 is 1.20 bits per heavy atom. The van der Waals surface area contributed by atoms with Gasteiger partial charge in [-0.2, -0.15) is 0 Å². The first-order valence-electron chi connectivity index (χ1n) is 5.80. The van der Waals surface area contributed by atoms with Crippen LogP contribution in [0.5, 0.6) is 0 Å². The summed E-state index contributed by atoms with van der Waals surface area (Å²) in [7, 11) is 0. The molecule has 0 unspecified atom stereocenters. The van der Waals surface area contributed by atoms with Gasteiger partial charge in [-0.15, -0.1) is 0 Å².